The Hall–Kier alpha value is -2.14. The number of methoxy groups -OCH3 is 1. The van der Waals surface area contributed by atoms with Crippen LogP contribution in [0.15, 0.2) is 30.5 Å². The van der Waals surface area contributed by atoms with Gasteiger partial charge >= 0.3 is 5.97 Å². The number of imidazole rings is 1. The highest BCUT2D eigenvalue weighted by atomic mass is 35.5. The molecule has 0 radical (unpaired) electrons. The van der Waals surface area contributed by atoms with Crippen LogP contribution in [0.4, 0.5) is 0 Å². The number of rotatable bonds is 3. The van der Waals surface area contributed by atoms with Crippen LogP contribution in [0.1, 0.15) is 26.7 Å². The summed E-state index contributed by atoms with van der Waals surface area (Å²) in [5.41, 5.74) is 0.675. The van der Waals surface area contributed by atoms with Crippen LogP contribution in [0, 0.1) is 0 Å². The van der Waals surface area contributed by atoms with Gasteiger partial charge in [0, 0.05) is 17.6 Å². The van der Waals surface area contributed by atoms with E-state index in [2.05, 4.69) is 9.72 Å². The molecule has 19 heavy (non-hydrogen) atoms. The van der Waals surface area contributed by atoms with E-state index in [0.717, 1.165) is 0 Å². The van der Waals surface area contributed by atoms with Crippen LogP contribution in [-0.4, -0.2) is 28.4 Å². The average molecular weight is 279 g/mol. The molecular weight excluding hydrogens is 268 g/mol. The highest BCUT2D eigenvalue weighted by Gasteiger charge is 2.20. The average Bonchev–Trinajstić information content (AvgIpc) is 2.80. The van der Waals surface area contributed by atoms with E-state index < -0.39 is 5.97 Å². The van der Waals surface area contributed by atoms with Crippen molar-refractivity contribution in [2.75, 3.05) is 7.11 Å². The first-order valence-electron chi connectivity index (χ1n) is 5.45. The van der Waals surface area contributed by atoms with Crippen LogP contribution in [-0.2, 0) is 11.8 Å². The van der Waals surface area contributed by atoms with Crippen LogP contribution < -0.4 is 0 Å². The first-order chi connectivity index (χ1) is 9.04. The number of nitrogens with zero attached hydrogens (tertiary/aromatic N) is 2. The number of ketones is 1. The molecule has 1 heterocycles. The SMILES string of the molecule is COC(=O)c1cnc(C(=O)c2ccc(Cl)cc2)n1C. The van der Waals surface area contributed by atoms with Crippen LogP contribution in [0.25, 0.3) is 0 Å². The van der Waals surface area contributed by atoms with Crippen LogP contribution >= 0.6 is 11.6 Å². The van der Waals surface area contributed by atoms with E-state index >= 15 is 0 Å². The van der Waals surface area contributed by atoms with Crippen molar-refractivity contribution in [2.45, 2.75) is 0 Å². The fourth-order valence-electron chi connectivity index (χ4n) is 1.65. The first-order valence-corrected chi connectivity index (χ1v) is 5.82. The number of esters is 1. The van der Waals surface area contributed by atoms with E-state index in [1.54, 1.807) is 31.3 Å². The molecule has 0 aliphatic carbocycles. The van der Waals surface area contributed by atoms with Crippen molar-refractivity contribution in [1.82, 2.24) is 9.55 Å². The number of hydrogen-bond acceptors (Lipinski definition) is 4. The number of halogens is 1. The van der Waals surface area contributed by atoms with E-state index in [0.29, 0.717) is 10.6 Å². The Balaban J connectivity index is 2.37. The summed E-state index contributed by atoms with van der Waals surface area (Å²) in [4.78, 5) is 27.6. The summed E-state index contributed by atoms with van der Waals surface area (Å²) in [7, 11) is 2.86. The minimum Gasteiger partial charge on any atom is -0.464 e. The second-order valence-electron chi connectivity index (χ2n) is 3.85. The predicted octanol–water partition coefficient (Wildman–Crippen LogP) is 2.09. The molecule has 6 heteroatoms. The Morgan fingerprint density at radius 3 is 2.47 bits per heavy atom. The molecule has 5 nitrogen and oxygen atoms in total. The summed E-state index contributed by atoms with van der Waals surface area (Å²) in [6, 6.07) is 6.46. The van der Waals surface area contributed by atoms with Crippen LogP contribution in [0.2, 0.25) is 5.02 Å². The Kier molecular flexibility index (Phi) is 3.66. The molecule has 1 aromatic carbocycles. The Morgan fingerprint density at radius 2 is 1.89 bits per heavy atom. The van der Waals surface area contributed by atoms with Crippen molar-refractivity contribution >= 4 is 23.4 Å². The third-order valence-electron chi connectivity index (χ3n) is 2.69. The highest BCUT2D eigenvalue weighted by Crippen LogP contribution is 2.14. The van der Waals surface area contributed by atoms with Crippen molar-refractivity contribution in [1.29, 1.82) is 0 Å². The van der Waals surface area contributed by atoms with E-state index in [1.165, 1.54) is 17.9 Å². The lowest BCUT2D eigenvalue weighted by atomic mass is 10.1. The molecule has 0 saturated carbocycles. The molecule has 0 unspecified atom stereocenters. The molecule has 0 spiro atoms. The standard InChI is InChI=1S/C13H11ClN2O3/c1-16-10(13(18)19-2)7-15-12(16)11(17)8-3-5-9(14)6-4-8/h3-7H,1-2H3. The van der Waals surface area contributed by atoms with E-state index in [9.17, 15) is 9.59 Å². The minimum absolute atomic E-state index is 0.169. The van der Waals surface area contributed by atoms with Crippen molar-refractivity contribution in [3.05, 3.63) is 52.6 Å². The van der Waals surface area contributed by atoms with Gasteiger partial charge in [0.1, 0.15) is 5.69 Å². The lowest BCUT2D eigenvalue weighted by Crippen LogP contribution is -2.13. The molecule has 0 N–H and O–H groups in total. The van der Waals surface area contributed by atoms with Gasteiger partial charge in [-0.15, -0.1) is 0 Å². The van der Waals surface area contributed by atoms with Crippen molar-refractivity contribution < 1.29 is 14.3 Å². The maximum atomic E-state index is 12.2. The summed E-state index contributed by atoms with van der Waals surface area (Å²) in [5, 5.41) is 0.548. The molecular formula is C13H11ClN2O3. The third kappa shape index (κ3) is 2.51. The minimum atomic E-state index is -0.537. The van der Waals surface area contributed by atoms with Crippen LogP contribution in [0.3, 0.4) is 0 Å². The van der Waals surface area contributed by atoms with Gasteiger partial charge in [-0.3, -0.25) is 4.79 Å². The molecule has 0 saturated heterocycles. The van der Waals surface area contributed by atoms with Gasteiger partial charge in [-0.2, -0.15) is 0 Å². The molecule has 2 rings (SSSR count). The van der Waals surface area contributed by atoms with E-state index in [1.807, 2.05) is 0 Å². The number of ether oxygens (including phenoxy) is 1. The van der Waals surface area contributed by atoms with Gasteiger partial charge in [-0.1, -0.05) is 11.6 Å². The number of carbonyl (C=O) groups is 2. The van der Waals surface area contributed by atoms with Crippen molar-refractivity contribution in [3.63, 3.8) is 0 Å². The second-order valence-corrected chi connectivity index (χ2v) is 4.29. The molecule has 0 atom stereocenters. The second kappa shape index (κ2) is 5.24. The molecule has 2 aromatic rings. The molecule has 1 aromatic heterocycles. The van der Waals surface area contributed by atoms with Crippen LogP contribution in [0.5, 0.6) is 0 Å². The summed E-state index contributed by atoms with van der Waals surface area (Å²) >= 11 is 5.76. The van der Waals surface area contributed by atoms with Gasteiger partial charge in [0.2, 0.25) is 5.78 Å². The number of carbonyl (C=O) groups excluding carboxylic acids is 2. The maximum Gasteiger partial charge on any atom is 0.356 e. The fourth-order valence-corrected chi connectivity index (χ4v) is 1.77. The quantitative estimate of drug-likeness (QED) is 0.637. The summed E-state index contributed by atoms with van der Waals surface area (Å²) in [6.45, 7) is 0. The van der Waals surface area contributed by atoms with Gasteiger partial charge < -0.3 is 9.30 Å². The maximum absolute atomic E-state index is 12.2. The van der Waals surface area contributed by atoms with Gasteiger partial charge in [0.25, 0.3) is 0 Å². The molecule has 0 fully saturated rings. The summed E-state index contributed by atoms with van der Waals surface area (Å²) in [6.07, 6.45) is 1.31. The normalized spacial score (nSPS) is 10.3. The smallest absolute Gasteiger partial charge is 0.356 e. The Bertz CT molecular complexity index is 632. The van der Waals surface area contributed by atoms with Gasteiger partial charge in [-0.05, 0) is 24.3 Å². The zero-order chi connectivity index (χ0) is 14.0. The molecule has 0 aliphatic rings. The molecule has 0 amide bonds. The Morgan fingerprint density at radius 1 is 1.26 bits per heavy atom. The molecule has 0 aliphatic heterocycles. The largest absolute Gasteiger partial charge is 0.464 e. The number of aromatic nitrogens is 2. The predicted molar refractivity (Wildman–Crippen MR) is 69.4 cm³/mol. The van der Waals surface area contributed by atoms with Gasteiger partial charge in [0.05, 0.1) is 13.3 Å². The van der Waals surface area contributed by atoms with Gasteiger partial charge in [0.15, 0.2) is 5.82 Å². The zero-order valence-corrected chi connectivity index (χ0v) is 11.1. The van der Waals surface area contributed by atoms with Crippen molar-refractivity contribution in [3.8, 4) is 0 Å². The monoisotopic (exact) mass is 278 g/mol. The van der Waals surface area contributed by atoms with E-state index in [-0.39, 0.29) is 17.3 Å². The zero-order valence-electron chi connectivity index (χ0n) is 10.4. The first kappa shape index (κ1) is 13.3. The number of hydrogen-bond donors (Lipinski definition) is 0. The number of benzene rings is 1. The highest BCUT2D eigenvalue weighted by molar-refractivity contribution is 6.30. The lowest BCUT2D eigenvalue weighted by molar-refractivity contribution is 0.0589. The Labute approximate surface area is 114 Å². The third-order valence-corrected chi connectivity index (χ3v) is 2.94. The van der Waals surface area contributed by atoms with Crippen molar-refractivity contribution in [2.24, 2.45) is 7.05 Å². The lowest BCUT2D eigenvalue weighted by Gasteiger charge is -2.04. The van der Waals surface area contributed by atoms with Gasteiger partial charge in [-0.25, -0.2) is 9.78 Å². The summed E-state index contributed by atoms with van der Waals surface area (Å²) < 4.78 is 6.01. The molecule has 98 valence electrons. The topological polar surface area (TPSA) is 61.2 Å². The van der Waals surface area contributed by atoms with E-state index in [4.69, 9.17) is 11.6 Å². The summed E-state index contributed by atoms with van der Waals surface area (Å²) in [5.74, 6) is -0.651. The molecule has 0 bridgehead atoms. The fraction of sp³-hybridized carbons (Fsp3) is 0.154.